The van der Waals surface area contributed by atoms with E-state index in [1.165, 1.54) is 0 Å². The average molecular weight is 370 g/mol. The van der Waals surface area contributed by atoms with Gasteiger partial charge in [-0.3, -0.25) is 10.2 Å². The van der Waals surface area contributed by atoms with Gasteiger partial charge in [0.05, 0.1) is 0 Å². The predicted molar refractivity (Wildman–Crippen MR) is 105 cm³/mol. The Morgan fingerprint density at radius 3 is 2.46 bits per heavy atom. The molecule has 0 aliphatic heterocycles. The molecule has 0 fully saturated rings. The van der Waals surface area contributed by atoms with E-state index in [9.17, 15) is 0 Å². The summed E-state index contributed by atoms with van der Waals surface area (Å²) in [6.07, 6.45) is 8.37. The molecule has 2 unspecified atom stereocenters. The number of furan rings is 1. The highest BCUT2D eigenvalue weighted by atomic mass is 16.3. The molecule has 0 radical (unpaired) electrons. The van der Waals surface area contributed by atoms with Gasteiger partial charge >= 0.3 is 0 Å². The summed E-state index contributed by atoms with van der Waals surface area (Å²) in [6, 6.07) is 13.5. The van der Waals surface area contributed by atoms with E-state index >= 15 is 0 Å². The molecule has 1 aliphatic rings. The highest BCUT2D eigenvalue weighted by Gasteiger charge is 2.21. The molecule has 0 saturated heterocycles. The number of benzene rings is 1. The van der Waals surface area contributed by atoms with Crippen LogP contribution >= 0.6 is 0 Å². The molecule has 0 spiro atoms. The van der Waals surface area contributed by atoms with Crippen LogP contribution in [-0.4, -0.2) is 30.4 Å². The fraction of sp³-hybridized carbons (Fsp3) is 0.143. The van der Waals surface area contributed by atoms with E-state index in [1.54, 1.807) is 0 Å². The molecule has 0 saturated carbocycles. The van der Waals surface area contributed by atoms with Crippen molar-refractivity contribution in [2.45, 2.75) is 12.8 Å². The average Bonchev–Trinajstić information content (AvgIpc) is 3.48. The fourth-order valence-electron chi connectivity index (χ4n) is 3.27. The number of allylic oxidation sites excluding steroid dienone is 4. The number of nitrogens with zero attached hydrogens (tertiary/aromatic N) is 4. The second-order valence-corrected chi connectivity index (χ2v) is 6.74. The normalized spacial score (nSPS) is 18.6. The Morgan fingerprint density at radius 2 is 1.61 bits per heavy atom. The molecule has 1 aromatic carbocycles. The quantitative estimate of drug-likeness (QED) is 0.556. The second-order valence-electron chi connectivity index (χ2n) is 6.74. The van der Waals surface area contributed by atoms with Crippen molar-refractivity contribution < 1.29 is 4.42 Å². The predicted octanol–water partition coefficient (Wildman–Crippen LogP) is 4.36. The van der Waals surface area contributed by atoms with Crippen molar-refractivity contribution in [3.8, 4) is 34.6 Å². The van der Waals surface area contributed by atoms with Gasteiger partial charge in [0.15, 0.2) is 23.2 Å². The van der Waals surface area contributed by atoms with Crippen LogP contribution in [0.25, 0.3) is 34.6 Å². The van der Waals surface area contributed by atoms with Crippen molar-refractivity contribution in [1.82, 2.24) is 30.4 Å². The SMILES string of the molecule is CC1C=CC=CC1c1nc(-c2ccc(-c3nc(-c4ccccc4)n[nH]3)o2)n[nH]1. The number of hydrogen-bond donors (Lipinski definition) is 2. The van der Waals surface area contributed by atoms with Crippen molar-refractivity contribution in [2.24, 2.45) is 5.92 Å². The molecular weight excluding hydrogens is 352 g/mol. The van der Waals surface area contributed by atoms with Crippen LogP contribution in [0.15, 0.2) is 71.2 Å². The lowest BCUT2D eigenvalue weighted by Crippen LogP contribution is -2.09. The van der Waals surface area contributed by atoms with Crippen LogP contribution < -0.4 is 0 Å². The van der Waals surface area contributed by atoms with Gasteiger partial charge in [-0.2, -0.15) is 10.2 Å². The third kappa shape index (κ3) is 2.96. The summed E-state index contributed by atoms with van der Waals surface area (Å²) >= 11 is 0. The van der Waals surface area contributed by atoms with Gasteiger partial charge in [-0.05, 0) is 18.1 Å². The van der Waals surface area contributed by atoms with Gasteiger partial charge < -0.3 is 4.42 Å². The summed E-state index contributed by atoms with van der Waals surface area (Å²) in [4.78, 5) is 9.14. The van der Waals surface area contributed by atoms with E-state index in [0.29, 0.717) is 34.9 Å². The first-order chi connectivity index (χ1) is 13.8. The van der Waals surface area contributed by atoms with E-state index in [0.717, 1.165) is 11.4 Å². The van der Waals surface area contributed by atoms with Crippen LogP contribution in [0.4, 0.5) is 0 Å². The maximum atomic E-state index is 5.92. The van der Waals surface area contributed by atoms with Crippen molar-refractivity contribution in [3.63, 3.8) is 0 Å². The number of rotatable bonds is 4. The van der Waals surface area contributed by atoms with Gasteiger partial charge in [0.1, 0.15) is 5.82 Å². The van der Waals surface area contributed by atoms with Crippen LogP contribution in [0.3, 0.4) is 0 Å². The number of aromatic amines is 2. The van der Waals surface area contributed by atoms with E-state index < -0.39 is 0 Å². The lowest BCUT2D eigenvalue weighted by atomic mass is 9.89. The standard InChI is InChI=1S/C21H18N6O/c1-13-7-5-6-10-15(13)19-23-21(27-25-19)17-12-11-16(28-17)20-22-18(24-26-20)14-8-3-2-4-9-14/h2-13,15H,1H3,(H,22,24,26)(H,23,25,27). The highest BCUT2D eigenvalue weighted by molar-refractivity contribution is 5.60. The summed E-state index contributed by atoms with van der Waals surface area (Å²) in [7, 11) is 0. The lowest BCUT2D eigenvalue weighted by Gasteiger charge is -2.17. The maximum Gasteiger partial charge on any atom is 0.216 e. The Labute approximate surface area is 161 Å². The minimum absolute atomic E-state index is 0.184. The van der Waals surface area contributed by atoms with Crippen LogP contribution in [0.1, 0.15) is 18.7 Å². The first kappa shape index (κ1) is 16.4. The molecule has 5 rings (SSSR count). The zero-order valence-electron chi connectivity index (χ0n) is 15.2. The molecule has 3 aromatic heterocycles. The van der Waals surface area contributed by atoms with Gasteiger partial charge in [0, 0.05) is 11.5 Å². The Bertz CT molecular complexity index is 1150. The molecule has 2 N–H and O–H groups in total. The molecule has 7 heteroatoms. The fourth-order valence-corrected chi connectivity index (χ4v) is 3.27. The summed E-state index contributed by atoms with van der Waals surface area (Å²) in [5.41, 5.74) is 0.944. The summed E-state index contributed by atoms with van der Waals surface area (Å²) in [6.45, 7) is 2.16. The van der Waals surface area contributed by atoms with Gasteiger partial charge in [0.2, 0.25) is 5.82 Å². The minimum Gasteiger partial charge on any atom is -0.449 e. The van der Waals surface area contributed by atoms with Crippen molar-refractivity contribution in [2.75, 3.05) is 0 Å². The zero-order chi connectivity index (χ0) is 18.9. The van der Waals surface area contributed by atoms with E-state index in [1.807, 2.05) is 48.5 Å². The Balaban J connectivity index is 1.39. The number of aromatic nitrogens is 6. The highest BCUT2D eigenvalue weighted by Crippen LogP contribution is 2.30. The summed E-state index contributed by atoms with van der Waals surface area (Å²) < 4.78 is 5.92. The smallest absolute Gasteiger partial charge is 0.216 e. The molecule has 0 bridgehead atoms. The molecule has 7 nitrogen and oxygen atoms in total. The van der Waals surface area contributed by atoms with Crippen LogP contribution in [0, 0.1) is 5.92 Å². The van der Waals surface area contributed by atoms with Crippen molar-refractivity contribution in [1.29, 1.82) is 0 Å². The Morgan fingerprint density at radius 1 is 0.821 bits per heavy atom. The van der Waals surface area contributed by atoms with Gasteiger partial charge in [0.25, 0.3) is 0 Å². The molecule has 28 heavy (non-hydrogen) atoms. The molecule has 2 atom stereocenters. The summed E-state index contributed by atoms with van der Waals surface area (Å²) in [5.74, 6) is 4.26. The van der Waals surface area contributed by atoms with E-state index in [-0.39, 0.29) is 5.92 Å². The molecule has 138 valence electrons. The first-order valence-corrected chi connectivity index (χ1v) is 9.13. The minimum atomic E-state index is 0.184. The molecule has 3 heterocycles. The van der Waals surface area contributed by atoms with E-state index in [4.69, 9.17) is 4.42 Å². The Hall–Kier alpha value is -3.74. The van der Waals surface area contributed by atoms with Crippen LogP contribution in [0.5, 0.6) is 0 Å². The third-order valence-corrected chi connectivity index (χ3v) is 4.81. The third-order valence-electron chi connectivity index (χ3n) is 4.81. The van der Waals surface area contributed by atoms with Crippen molar-refractivity contribution in [3.05, 3.63) is 72.6 Å². The van der Waals surface area contributed by atoms with Crippen LogP contribution in [0.2, 0.25) is 0 Å². The summed E-state index contributed by atoms with van der Waals surface area (Å²) in [5, 5.41) is 14.6. The van der Waals surface area contributed by atoms with E-state index in [2.05, 4.69) is 55.5 Å². The first-order valence-electron chi connectivity index (χ1n) is 9.13. The zero-order valence-corrected chi connectivity index (χ0v) is 15.2. The van der Waals surface area contributed by atoms with Gasteiger partial charge in [-0.1, -0.05) is 61.6 Å². The second kappa shape index (κ2) is 6.77. The van der Waals surface area contributed by atoms with Crippen LogP contribution in [-0.2, 0) is 0 Å². The molecular formula is C21H18N6O. The number of H-pyrrole nitrogens is 2. The number of hydrogen-bond acceptors (Lipinski definition) is 5. The maximum absolute atomic E-state index is 5.92. The molecule has 0 amide bonds. The number of nitrogens with one attached hydrogen (secondary N) is 2. The van der Waals surface area contributed by atoms with Gasteiger partial charge in [-0.15, -0.1) is 0 Å². The molecule has 4 aromatic rings. The monoisotopic (exact) mass is 370 g/mol. The Kier molecular flexibility index (Phi) is 3.97. The van der Waals surface area contributed by atoms with Crippen molar-refractivity contribution >= 4 is 0 Å². The largest absolute Gasteiger partial charge is 0.449 e. The molecule has 1 aliphatic carbocycles. The topological polar surface area (TPSA) is 96.3 Å². The lowest BCUT2D eigenvalue weighted by molar-refractivity contribution is 0.586. The van der Waals surface area contributed by atoms with Gasteiger partial charge in [-0.25, -0.2) is 9.97 Å².